The van der Waals surface area contributed by atoms with Gasteiger partial charge in [0, 0.05) is 5.56 Å². The summed E-state index contributed by atoms with van der Waals surface area (Å²) in [5.41, 5.74) is 0.845. The number of rotatable bonds is 1. The van der Waals surface area contributed by atoms with Crippen LogP contribution >= 0.6 is 34.8 Å². The van der Waals surface area contributed by atoms with Crippen molar-refractivity contribution in [2.75, 3.05) is 0 Å². The number of hydrogen-bond acceptors (Lipinski definition) is 2. The molecule has 0 aliphatic heterocycles. The molecular formula is C10H5Cl3N2. The summed E-state index contributed by atoms with van der Waals surface area (Å²) in [6.07, 6.45) is 0. The first-order valence-electron chi connectivity index (χ1n) is 4.12. The van der Waals surface area contributed by atoms with Gasteiger partial charge in [-0.3, -0.25) is 0 Å². The highest BCUT2D eigenvalue weighted by Crippen LogP contribution is 2.29. The van der Waals surface area contributed by atoms with E-state index in [0.717, 1.165) is 5.56 Å². The molecule has 1 aromatic carbocycles. The van der Waals surface area contributed by atoms with Crippen LogP contribution < -0.4 is 0 Å². The lowest BCUT2D eigenvalue weighted by Crippen LogP contribution is -1.91. The molecule has 0 fully saturated rings. The summed E-state index contributed by atoms with van der Waals surface area (Å²) in [5.74, 6) is 0.468. The predicted octanol–water partition coefficient (Wildman–Crippen LogP) is 4.10. The van der Waals surface area contributed by atoms with E-state index in [1.54, 1.807) is 0 Å². The summed E-state index contributed by atoms with van der Waals surface area (Å²) >= 11 is 17.4. The van der Waals surface area contributed by atoms with E-state index in [-0.39, 0.29) is 15.3 Å². The van der Waals surface area contributed by atoms with E-state index in [0.29, 0.717) is 5.82 Å². The fraction of sp³-hybridized carbons (Fsp3) is 0. The van der Waals surface area contributed by atoms with E-state index in [1.807, 2.05) is 30.3 Å². The molecule has 5 heteroatoms. The van der Waals surface area contributed by atoms with Crippen LogP contribution in [0.1, 0.15) is 0 Å². The molecule has 2 rings (SSSR count). The average molecular weight is 260 g/mol. The molecule has 76 valence electrons. The first-order chi connectivity index (χ1) is 7.18. The molecule has 0 unspecified atom stereocenters. The molecule has 1 aromatic heterocycles. The lowest BCUT2D eigenvalue weighted by molar-refractivity contribution is 1.18. The molecule has 2 nitrogen and oxygen atoms in total. The Labute approximate surface area is 102 Å². The first-order valence-corrected chi connectivity index (χ1v) is 5.26. The highest BCUT2D eigenvalue weighted by atomic mass is 35.5. The van der Waals surface area contributed by atoms with Gasteiger partial charge in [-0.15, -0.1) is 0 Å². The number of nitrogens with zero attached hydrogens (tertiary/aromatic N) is 2. The van der Waals surface area contributed by atoms with Gasteiger partial charge in [0.2, 0.25) is 0 Å². The maximum atomic E-state index is 5.80. The Morgan fingerprint density at radius 2 is 1.33 bits per heavy atom. The fourth-order valence-electron chi connectivity index (χ4n) is 1.11. The number of benzene rings is 1. The van der Waals surface area contributed by atoms with E-state index >= 15 is 0 Å². The van der Waals surface area contributed by atoms with Gasteiger partial charge < -0.3 is 0 Å². The summed E-state index contributed by atoms with van der Waals surface area (Å²) in [6.45, 7) is 0. The van der Waals surface area contributed by atoms with Gasteiger partial charge in [0.1, 0.15) is 5.02 Å². The van der Waals surface area contributed by atoms with Crippen LogP contribution in [0.3, 0.4) is 0 Å². The van der Waals surface area contributed by atoms with Crippen LogP contribution in [0.5, 0.6) is 0 Å². The molecule has 15 heavy (non-hydrogen) atoms. The van der Waals surface area contributed by atoms with Gasteiger partial charge in [-0.1, -0.05) is 65.1 Å². The standard InChI is InChI=1S/C10H5Cl3N2/c11-7-8(12)14-10(15-9(7)13)6-4-2-1-3-5-6/h1-5H. The van der Waals surface area contributed by atoms with Gasteiger partial charge in [0.05, 0.1) is 0 Å². The van der Waals surface area contributed by atoms with Crippen molar-refractivity contribution in [2.24, 2.45) is 0 Å². The van der Waals surface area contributed by atoms with Crippen molar-refractivity contribution in [2.45, 2.75) is 0 Å². The monoisotopic (exact) mass is 258 g/mol. The maximum absolute atomic E-state index is 5.80. The Morgan fingerprint density at radius 1 is 0.800 bits per heavy atom. The second kappa shape index (κ2) is 4.35. The van der Waals surface area contributed by atoms with Crippen molar-refractivity contribution in [1.29, 1.82) is 0 Å². The summed E-state index contributed by atoms with van der Waals surface area (Å²) in [4.78, 5) is 8.08. The number of hydrogen-bond donors (Lipinski definition) is 0. The Balaban J connectivity index is 2.56. The van der Waals surface area contributed by atoms with Crippen LogP contribution in [-0.2, 0) is 0 Å². The normalized spacial score (nSPS) is 10.3. The van der Waals surface area contributed by atoms with Gasteiger partial charge in [0.15, 0.2) is 16.1 Å². The van der Waals surface area contributed by atoms with Crippen LogP contribution in [0.15, 0.2) is 30.3 Å². The predicted molar refractivity (Wildman–Crippen MR) is 62.5 cm³/mol. The van der Waals surface area contributed by atoms with E-state index in [4.69, 9.17) is 34.8 Å². The third-order valence-corrected chi connectivity index (χ3v) is 2.90. The first kappa shape index (κ1) is 10.7. The Hall–Kier alpha value is -0.830. The zero-order chi connectivity index (χ0) is 10.8. The zero-order valence-corrected chi connectivity index (χ0v) is 9.68. The Morgan fingerprint density at radius 3 is 1.87 bits per heavy atom. The molecular weight excluding hydrogens is 254 g/mol. The topological polar surface area (TPSA) is 25.8 Å². The molecule has 0 spiro atoms. The molecule has 0 amide bonds. The molecule has 0 saturated carbocycles. The Kier molecular flexibility index (Phi) is 3.10. The van der Waals surface area contributed by atoms with Crippen LogP contribution in [-0.4, -0.2) is 9.97 Å². The molecule has 1 heterocycles. The second-order valence-corrected chi connectivity index (χ2v) is 3.90. The molecule has 0 radical (unpaired) electrons. The van der Waals surface area contributed by atoms with Gasteiger partial charge in [-0.05, 0) is 0 Å². The highest BCUT2D eigenvalue weighted by molar-refractivity contribution is 6.46. The van der Waals surface area contributed by atoms with Gasteiger partial charge >= 0.3 is 0 Å². The van der Waals surface area contributed by atoms with Crippen molar-refractivity contribution < 1.29 is 0 Å². The summed E-state index contributed by atoms with van der Waals surface area (Å²) in [5, 5.41) is 0.504. The molecule has 0 saturated heterocycles. The van der Waals surface area contributed by atoms with Crippen molar-refractivity contribution in [1.82, 2.24) is 9.97 Å². The van der Waals surface area contributed by atoms with Gasteiger partial charge in [-0.25, -0.2) is 9.97 Å². The van der Waals surface area contributed by atoms with Gasteiger partial charge in [-0.2, -0.15) is 0 Å². The molecule has 0 N–H and O–H groups in total. The zero-order valence-electron chi connectivity index (χ0n) is 7.42. The summed E-state index contributed by atoms with van der Waals surface area (Å²) < 4.78 is 0. The van der Waals surface area contributed by atoms with Crippen molar-refractivity contribution >= 4 is 34.8 Å². The third kappa shape index (κ3) is 2.23. The maximum Gasteiger partial charge on any atom is 0.162 e. The van der Waals surface area contributed by atoms with E-state index in [9.17, 15) is 0 Å². The molecule has 0 aliphatic carbocycles. The van der Waals surface area contributed by atoms with Crippen molar-refractivity contribution in [3.63, 3.8) is 0 Å². The largest absolute Gasteiger partial charge is 0.215 e. The third-order valence-electron chi connectivity index (χ3n) is 1.80. The van der Waals surface area contributed by atoms with Crippen LogP contribution in [0.4, 0.5) is 0 Å². The molecule has 2 aromatic rings. The minimum Gasteiger partial charge on any atom is -0.215 e. The van der Waals surface area contributed by atoms with Crippen molar-refractivity contribution in [3.8, 4) is 11.4 Å². The summed E-state index contributed by atoms with van der Waals surface area (Å²) in [6, 6.07) is 9.42. The average Bonchev–Trinajstić information content (AvgIpc) is 2.26. The van der Waals surface area contributed by atoms with Crippen LogP contribution in [0.25, 0.3) is 11.4 Å². The van der Waals surface area contributed by atoms with Crippen molar-refractivity contribution in [3.05, 3.63) is 45.7 Å². The smallest absolute Gasteiger partial charge is 0.162 e. The van der Waals surface area contributed by atoms with E-state index in [1.165, 1.54) is 0 Å². The SMILES string of the molecule is Clc1nc(-c2ccccc2)nc(Cl)c1Cl. The van der Waals surface area contributed by atoms with Crippen LogP contribution in [0.2, 0.25) is 15.3 Å². The lowest BCUT2D eigenvalue weighted by Gasteiger charge is -2.02. The lowest BCUT2D eigenvalue weighted by atomic mass is 10.2. The molecule has 0 atom stereocenters. The quantitative estimate of drug-likeness (QED) is 0.721. The van der Waals surface area contributed by atoms with E-state index < -0.39 is 0 Å². The Bertz CT molecular complexity index is 462. The minimum absolute atomic E-state index is 0.163. The molecule has 0 aliphatic rings. The summed E-state index contributed by atoms with van der Waals surface area (Å²) in [7, 11) is 0. The second-order valence-electron chi connectivity index (χ2n) is 2.81. The number of halogens is 3. The van der Waals surface area contributed by atoms with Crippen LogP contribution in [0, 0.1) is 0 Å². The highest BCUT2D eigenvalue weighted by Gasteiger charge is 2.10. The fourth-order valence-corrected chi connectivity index (χ4v) is 1.58. The number of aromatic nitrogens is 2. The van der Waals surface area contributed by atoms with Gasteiger partial charge in [0.25, 0.3) is 0 Å². The minimum atomic E-state index is 0.163. The van der Waals surface area contributed by atoms with E-state index in [2.05, 4.69) is 9.97 Å². The molecule has 0 bridgehead atoms.